The van der Waals surface area contributed by atoms with E-state index >= 15 is 0 Å². The molecule has 5 nitrogen and oxygen atoms in total. The van der Waals surface area contributed by atoms with E-state index in [2.05, 4.69) is 4.52 Å². The number of hydrogen-bond acceptors (Lipinski definition) is 4. The zero-order chi connectivity index (χ0) is 23.0. The molecule has 31 heavy (non-hydrogen) atoms. The molecule has 0 bridgehead atoms. The van der Waals surface area contributed by atoms with Gasteiger partial charge in [0.25, 0.3) is 12.9 Å². The van der Waals surface area contributed by atoms with Gasteiger partial charge in [-0.1, -0.05) is 61.0 Å². The van der Waals surface area contributed by atoms with Gasteiger partial charge in [-0.2, -0.15) is 0 Å². The molecule has 0 fully saturated rings. The molecule has 3 aromatic rings. The van der Waals surface area contributed by atoms with E-state index in [9.17, 15) is 18.8 Å². The molecule has 0 aliphatic heterocycles. The molecule has 2 unspecified atom stereocenters. The fourth-order valence-corrected chi connectivity index (χ4v) is 5.44. The molecule has 0 amide bonds. The van der Waals surface area contributed by atoms with Crippen molar-refractivity contribution in [2.45, 2.75) is 34.1 Å². The number of para-hydroxylation sites is 1. The zero-order valence-corrected chi connectivity index (χ0v) is 20.0. The maximum atomic E-state index is 12.9. The number of carbonyl (C=O) groups excluding carboxylic acids is 1. The number of carbonyl (C=O) groups is 1. The van der Waals surface area contributed by atoms with E-state index in [1.807, 2.05) is 50.2 Å². The Labute approximate surface area is 184 Å². The van der Waals surface area contributed by atoms with Crippen LogP contribution >= 0.6 is 16.1 Å². The quantitative estimate of drug-likeness (QED) is 0.465. The summed E-state index contributed by atoms with van der Waals surface area (Å²) < 4.78 is 27.5. The van der Waals surface area contributed by atoms with Gasteiger partial charge in [0.15, 0.2) is 5.75 Å². The summed E-state index contributed by atoms with van der Waals surface area (Å²) in [7, 11) is -4.83. The molecule has 0 aliphatic carbocycles. The lowest BCUT2D eigenvalue weighted by Gasteiger charge is -2.17. The van der Waals surface area contributed by atoms with Crippen molar-refractivity contribution in [2.24, 2.45) is 0 Å². The Morgan fingerprint density at radius 2 is 1.52 bits per heavy atom. The van der Waals surface area contributed by atoms with Crippen molar-refractivity contribution >= 4 is 26.9 Å². The standard InChI is InChI=1S/C18H21O3P.C6H6O2P/c1-5-15-8-6-7-9-16(15)22(20,21)18(19)17-13(3)10-12(2)11-14(17)4;7-9-8-6-4-2-1-3-5-6/h6-11H,5H2,1-4H3,(H,20,21);1-5,9H/q;+1. The SMILES string of the molecule is CCc1ccccc1P(=O)(O)C(=O)c1c(C)cc(C)cc1C.O=[PH+]Oc1ccccc1. The van der Waals surface area contributed by atoms with E-state index in [0.29, 0.717) is 17.7 Å². The first-order valence-corrected chi connectivity index (χ1v) is 12.3. The van der Waals surface area contributed by atoms with Crippen molar-refractivity contribution in [1.29, 1.82) is 0 Å². The Bertz CT molecular complexity index is 1090. The highest BCUT2D eigenvalue weighted by atomic mass is 31.2. The molecule has 0 spiro atoms. The number of hydrogen-bond donors (Lipinski definition) is 1. The van der Waals surface area contributed by atoms with Crippen molar-refractivity contribution in [3.05, 3.63) is 94.5 Å². The Morgan fingerprint density at radius 3 is 2.06 bits per heavy atom. The zero-order valence-electron chi connectivity index (χ0n) is 18.1. The average molecular weight is 457 g/mol. The summed E-state index contributed by atoms with van der Waals surface area (Å²) in [6.07, 6.45) is 0.611. The minimum absolute atomic E-state index is 0.252. The van der Waals surface area contributed by atoms with Crippen molar-refractivity contribution < 1.29 is 23.3 Å². The summed E-state index contributed by atoms with van der Waals surface area (Å²) in [5.41, 5.74) is 2.94. The lowest BCUT2D eigenvalue weighted by atomic mass is 10.0. The van der Waals surface area contributed by atoms with Gasteiger partial charge in [-0.3, -0.25) is 13.9 Å². The van der Waals surface area contributed by atoms with Crippen LogP contribution < -0.4 is 9.83 Å². The third kappa shape index (κ3) is 6.21. The van der Waals surface area contributed by atoms with Crippen molar-refractivity contribution in [3.8, 4) is 5.75 Å². The van der Waals surface area contributed by atoms with Gasteiger partial charge in [0.1, 0.15) is 0 Å². The molecular weight excluding hydrogens is 430 g/mol. The van der Waals surface area contributed by atoms with Crippen LogP contribution in [0.1, 0.15) is 39.5 Å². The normalized spacial score (nSPS) is 12.4. The molecule has 0 saturated carbocycles. The second kappa shape index (κ2) is 11.2. The van der Waals surface area contributed by atoms with Crippen molar-refractivity contribution in [2.75, 3.05) is 0 Å². The minimum Gasteiger partial charge on any atom is -0.336 e. The third-order valence-corrected chi connectivity index (χ3v) is 6.95. The highest BCUT2D eigenvalue weighted by molar-refractivity contribution is 7.82. The summed E-state index contributed by atoms with van der Waals surface area (Å²) in [4.78, 5) is 23.3. The molecular formula is C24H27O5P2+. The largest absolute Gasteiger partial charge is 0.542 e. The summed E-state index contributed by atoms with van der Waals surface area (Å²) in [6.45, 7) is 7.46. The molecule has 0 saturated heterocycles. The molecule has 1 N–H and O–H groups in total. The van der Waals surface area contributed by atoms with Gasteiger partial charge in [0, 0.05) is 10.9 Å². The highest BCUT2D eigenvalue weighted by Crippen LogP contribution is 2.45. The topological polar surface area (TPSA) is 80.7 Å². The van der Waals surface area contributed by atoms with Crippen LogP contribution in [0, 0.1) is 20.8 Å². The Kier molecular flexibility index (Phi) is 8.88. The second-order valence-corrected chi connectivity index (χ2v) is 9.55. The van der Waals surface area contributed by atoms with Crippen LogP contribution in [-0.2, 0) is 15.6 Å². The number of rotatable bonds is 6. The predicted molar refractivity (Wildman–Crippen MR) is 126 cm³/mol. The Morgan fingerprint density at radius 1 is 0.968 bits per heavy atom. The molecule has 0 aliphatic rings. The van der Waals surface area contributed by atoms with Crippen LogP contribution in [-0.4, -0.2) is 10.4 Å². The van der Waals surface area contributed by atoms with Crippen LogP contribution in [0.5, 0.6) is 5.75 Å². The molecule has 0 heterocycles. The van der Waals surface area contributed by atoms with Crippen LogP contribution in [0.2, 0.25) is 0 Å². The van der Waals surface area contributed by atoms with Crippen LogP contribution in [0.25, 0.3) is 0 Å². The van der Waals surface area contributed by atoms with Gasteiger partial charge in [-0.15, -0.1) is 0 Å². The van der Waals surface area contributed by atoms with E-state index in [0.717, 1.165) is 22.3 Å². The van der Waals surface area contributed by atoms with Crippen LogP contribution in [0.15, 0.2) is 66.7 Å². The highest BCUT2D eigenvalue weighted by Gasteiger charge is 2.35. The summed E-state index contributed by atoms with van der Waals surface area (Å²) >= 11 is 0. The van der Waals surface area contributed by atoms with Crippen LogP contribution in [0.4, 0.5) is 0 Å². The minimum atomic E-state index is -4.12. The van der Waals surface area contributed by atoms with Gasteiger partial charge < -0.3 is 4.89 Å². The van der Waals surface area contributed by atoms with Gasteiger partial charge in [-0.05, 0) is 66.6 Å². The summed E-state index contributed by atoms with van der Waals surface area (Å²) in [6, 6.07) is 19.7. The van der Waals surface area contributed by atoms with E-state index in [-0.39, 0.29) is 5.30 Å². The van der Waals surface area contributed by atoms with E-state index in [1.54, 1.807) is 44.2 Å². The monoisotopic (exact) mass is 457 g/mol. The predicted octanol–water partition coefficient (Wildman–Crippen LogP) is 5.91. The van der Waals surface area contributed by atoms with Crippen LogP contribution in [0.3, 0.4) is 0 Å². The molecule has 0 aromatic heterocycles. The average Bonchev–Trinajstić information content (AvgIpc) is 2.74. The maximum Gasteiger partial charge on any atom is 0.542 e. The molecule has 2 atom stereocenters. The summed E-state index contributed by atoms with van der Waals surface area (Å²) in [5, 5.41) is 0.252. The molecule has 3 rings (SSSR count). The first kappa shape index (κ1) is 24.7. The van der Waals surface area contributed by atoms with E-state index in [4.69, 9.17) is 0 Å². The molecule has 3 aromatic carbocycles. The lowest BCUT2D eigenvalue weighted by molar-refractivity contribution is 0.106. The smallest absolute Gasteiger partial charge is 0.336 e. The number of benzene rings is 3. The fraction of sp³-hybridized carbons (Fsp3) is 0.208. The second-order valence-electron chi connectivity index (χ2n) is 7.14. The maximum absolute atomic E-state index is 12.9. The van der Waals surface area contributed by atoms with Gasteiger partial charge in [0.2, 0.25) is 0 Å². The fourth-order valence-electron chi connectivity index (χ4n) is 3.42. The van der Waals surface area contributed by atoms with Crippen molar-refractivity contribution in [3.63, 3.8) is 0 Å². The lowest BCUT2D eigenvalue weighted by Crippen LogP contribution is -2.18. The third-order valence-electron chi connectivity index (χ3n) is 4.77. The van der Waals surface area contributed by atoms with Crippen molar-refractivity contribution in [1.82, 2.24) is 0 Å². The first-order chi connectivity index (χ1) is 14.7. The number of aryl methyl sites for hydroxylation is 4. The van der Waals surface area contributed by atoms with E-state index in [1.165, 1.54) is 0 Å². The molecule has 7 heteroatoms. The summed E-state index contributed by atoms with van der Waals surface area (Å²) in [5.74, 6) is 0.644. The molecule has 0 radical (unpaired) electrons. The van der Waals surface area contributed by atoms with Gasteiger partial charge >= 0.3 is 8.69 Å². The van der Waals surface area contributed by atoms with Gasteiger partial charge in [0.05, 0.1) is 0 Å². The molecule has 162 valence electrons. The van der Waals surface area contributed by atoms with Gasteiger partial charge in [-0.25, -0.2) is 0 Å². The Hall–Kier alpha value is -2.58. The Balaban J connectivity index is 0.000000316. The first-order valence-electron chi connectivity index (χ1n) is 9.85. The van der Waals surface area contributed by atoms with E-state index < -0.39 is 21.6 Å².